The van der Waals surface area contributed by atoms with E-state index >= 15 is 0 Å². The third-order valence-electron chi connectivity index (χ3n) is 4.97. The number of rotatable bonds is 7. The maximum Gasteiger partial charge on any atom is 0.357 e. The van der Waals surface area contributed by atoms with E-state index in [1.807, 2.05) is 30.3 Å². The standard InChI is InChI=1S/C23H22FN3O3/c1-15(22(28)25-14-16-7-11-18(24)12-8-16)30-23(29)21-13-20(17-9-10-17)26-27(21)19-5-3-2-4-6-19/h2-8,11-13,15,17H,9-10,14H2,1H3,(H,25,28)/t15-/m0/s1. The van der Waals surface area contributed by atoms with Crippen LogP contribution >= 0.6 is 0 Å². The minimum atomic E-state index is -0.985. The van der Waals surface area contributed by atoms with Crippen molar-refractivity contribution in [2.45, 2.75) is 38.3 Å². The van der Waals surface area contributed by atoms with Crippen molar-refractivity contribution < 1.29 is 18.7 Å². The molecule has 154 valence electrons. The van der Waals surface area contributed by atoms with E-state index in [2.05, 4.69) is 10.4 Å². The number of carbonyl (C=O) groups excluding carboxylic acids is 2. The molecule has 1 aliphatic rings. The molecule has 4 rings (SSSR count). The van der Waals surface area contributed by atoms with Gasteiger partial charge in [-0.3, -0.25) is 4.79 Å². The van der Waals surface area contributed by atoms with Crippen LogP contribution in [-0.2, 0) is 16.1 Å². The number of hydrogen-bond acceptors (Lipinski definition) is 4. The Labute approximate surface area is 173 Å². The highest BCUT2D eigenvalue weighted by Gasteiger charge is 2.30. The Morgan fingerprint density at radius 1 is 1.17 bits per heavy atom. The van der Waals surface area contributed by atoms with Gasteiger partial charge in [0, 0.05) is 12.5 Å². The fraction of sp³-hybridized carbons (Fsp3) is 0.261. The summed E-state index contributed by atoms with van der Waals surface area (Å²) in [5.41, 5.74) is 2.66. The van der Waals surface area contributed by atoms with E-state index < -0.39 is 18.0 Å². The number of hydrogen-bond donors (Lipinski definition) is 1. The lowest BCUT2D eigenvalue weighted by molar-refractivity contribution is -0.129. The van der Waals surface area contributed by atoms with Gasteiger partial charge < -0.3 is 10.1 Å². The van der Waals surface area contributed by atoms with Gasteiger partial charge in [0.25, 0.3) is 5.91 Å². The average Bonchev–Trinajstić information content (AvgIpc) is 3.51. The summed E-state index contributed by atoms with van der Waals surface area (Å²) in [5, 5.41) is 7.28. The molecule has 0 aliphatic heterocycles. The highest BCUT2D eigenvalue weighted by Crippen LogP contribution is 2.39. The van der Waals surface area contributed by atoms with Crippen LogP contribution in [0.5, 0.6) is 0 Å². The van der Waals surface area contributed by atoms with Gasteiger partial charge in [0.2, 0.25) is 0 Å². The Morgan fingerprint density at radius 2 is 1.87 bits per heavy atom. The summed E-state index contributed by atoms with van der Waals surface area (Å²) in [6, 6.07) is 16.9. The predicted octanol–water partition coefficient (Wildman–Crippen LogP) is 3.75. The molecule has 30 heavy (non-hydrogen) atoms. The van der Waals surface area contributed by atoms with Crippen molar-refractivity contribution in [3.8, 4) is 5.69 Å². The van der Waals surface area contributed by atoms with Crippen molar-refractivity contribution in [3.63, 3.8) is 0 Å². The molecule has 0 saturated heterocycles. The Balaban J connectivity index is 1.43. The molecule has 1 heterocycles. The van der Waals surface area contributed by atoms with Crippen molar-refractivity contribution >= 4 is 11.9 Å². The molecular formula is C23H22FN3O3. The summed E-state index contributed by atoms with van der Waals surface area (Å²) in [6.07, 6.45) is 1.13. The van der Waals surface area contributed by atoms with Crippen molar-refractivity contribution in [2.24, 2.45) is 0 Å². The normalized spacial score (nSPS) is 14.2. The van der Waals surface area contributed by atoms with Gasteiger partial charge in [-0.25, -0.2) is 13.9 Å². The number of ether oxygens (including phenoxy) is 1. The molecule has 0 unspecified atom stereocenters. The maximum absolute atomic E-state index is 13.0. The number of halogens is 1. The van der Waals surface area contributed by atoms with Crippen LogP contribution in [0.2, 0.25) is 0 Å². The van der Waals surface area contributed by atoms with Crippen molar-refractivity contribution in [2.75, 3.05) is 0 Å². The molecule has 7 heteroatoms. The van der Waals surface area contributed by atoms with Gasteiger partial charge in [-0.05, 0) is 55.7 Å². The quantitative estimate of drug-likeness (QED) is 0.606. The first kappa shape index (κ1) is 19.8. The summed E-state index contributed by atoms with van der Waals surface area (Å²) in [6.45, 7) is 1.73. The summed E-state index contributed by atoms with van der Waals surface area (Å²) >= 11 is 0. The minimum absolute atomic E-state index is 0.217. The van der Waals surface area contributed by atoms with Crippen molar-refractivity contribution in [3.05, 3.63) is 83.4 Å². The Hall–Kier alpha value is -3.48. The number of benzene rings is 2. The molecule has 1 amide bonds. The van der Waals surface area contributed by atoms with Crippen LogP contribution in [0.1, 0.15) is 47.4 Å². The topological polar surface area (TPSA) is 73.2 Å². The van der Waals surface area contributed by atoms with E-state index in [1.165, 1.54) is 19.1 Å². The maximum atomic E-state index is 13.0. The van der Waals surface area contributed by atoms with E-state index in [0.29, 0.717) is 11.6 Å². The molecule has 1 fully saturated rings. The zero-order valence-electron chi connectivity index (χ0n) is 16.5. The SMILES string of the molecule is C[C@H](OC(=O)c1cc(C2CC2)nn1-c1ccccc1)C(=O)NCc1ccc(F)cc1. The Morgan fingerprint density at radius 3 is 2.53 bits per heavy atom. The van der Waals surface area contributed by atoms with Gasteiger partial charge in [0.1, 0.15) is 5.82 Å². The highest BCUT2D eigenvalue weighted by molar-refractivity contribution is 5.91. The molecule has 2 aromatic carbocycles. The second-order valence-electron chi connectivity index (χ2n) is 7.37. The summed E-state index contributed by atoms with van der Waals surface area (Å²) in [5.74, 6) is -1.01. The molecule has 6 nitrogen and oxygen atoms in total. The van der Waals surface area contributed by atoms with Gasteiger partial charge in [-0.2, -0.15) is 5.10 Å². The van der Waals surface area contributed by atoms with Crippen molar-refractivity contribution in [1.29, 1.82) is 0 Å². The van der Waals surface area contributed by atoms with Gasteiger partial charge in [-0.1, -0.05) is 30.3 Å². The highest BCUT2D eigenvalue weighted by atomic mass is 19.1. The average molecular weight is 407 g/mol. The monoisotopic (exact) mass is 407 g/mol. The van der Waals surface area contributed by atoms with Gasteiger partial charge in [0.05, 0.1) is 11.4 Å². The second-order valence-corrected chi connectivity index (χ2v) is 7.37. The van der Waals surface area contributed by atoms with Gasteiger partial charge in [-0.15, -0.1) is 0 Å². The largest absolute Gasteiger partial charge is 0.448 e. The number of aromatic nitrogens is 2. The van der Waals surface area contributed by atoms with E-state index in [0.717, 1.165) is 29.8 Å². The third-order valence-corrected chi connectivity index (χ3v) is 4.97. The predicted molar refractivity (Wildman–Crippen MR) is 109 cm³/mol. The number of nitrogens with one attached hydrogen (secondary N) is 1. The number of esters is 1. The van der Waals surface area contributed by atoms with Crippen LogP contribution in [0.4, 0.5) is 4.39 Å². The first-order valence-electron chi connectivity index (χ1n) is 9.90. The first-order valence-corrected chi connectivity index (χ1v) is 9.90. The molecule has 1 saturated carbocycles. The molecular weight excluding hydrogens is 385 g/mol. The molecule has 0 radical (unpaired) electrons. The summed E-state index contributed by atoms with van der Waals surface area (Å²) in [7, 11) is 0. The Bertz CT molecular complexity index is 1040. The Kier molecular flexibility index (Phi) is 5.61. The fourth-order valence-electron chi connectivity index (χ4n) is 3.10. The van der Waals surface area contributed by atoms with Crippen LogP contribution in [0.3, 0.4) is 0 Å². The third kappa shape index (κ3) is 4.56. The van der Waals surface area contributed by atoms with Gasteiger partial charge >= 0.3 is 5.97 Å². The second kappa shape index (κ2) is 8.49. The van der Waals surface area contributed by atoms with E-state index in [-0.39, 0.29) is 12.4 Å². The lowest BCUT2D eigenvalue weighted by Crippen LogP contribution is -2.35. The number of para-hydroxylation sites is 1. The molecule has 1 atom stereocenters. The molecule has 1 N–H and O–H groups in total. The molecule has 1 aliphatic carbocycles. The lowest BCUT2D eigenvalue weighted by Gasteiger charge is -2.14. The van der Waals surface area contributed by atoms with Gasteiger partial charge in [0.15, 0.2) is 11.8 Å². The van der Waals surface area contributed by atoms with Crippen LogP contribution in [0, 0.1) is 5.82 Å². The molecule has 1 aromatic heterocycles. The molecule has 3 aromatic rings. The van der Waals surface area contributed by atoms with E-state index in [4.69, 9.17) is 4.74 Å². The summed E-state index contributed by atoms with van der Waals surface area (Å²) in [4.78, 5) is 25.2. The number of nitrogens with zero attached hydrogens (tertiary/aromatic N) is 2. The molecule has 0 spiro atoms. The van der Waals surface area contributed by atoms with Crippen molar-refractivity contribution in [1.82, 2.24) is 15.1 Å². The lowest BCUT2D eigenvalue weighted by atomic mass is 10.2. The first-order chi connectivity index (χ1) is 14.5. The van der Waals surface area contributed by atoms with Crippen LogP contribution in [0.15, 0.2) is 60.7 Å². The fourth-order valence-corrected chi connectivity index (χ4v) is 3.10. The van der Waals surface area contributed by atoms with Crippen LogP contribution in [-0.4, -0.2) is 27.8 Å². The zero-order chi connectivity index (χ0) is 21.1. The van der Waals surface area contributed by atoms with Crippen LogP contribution < -0.4 is 5.32 Å². The number of amides is 1. The summed E-state index contributed by atoms with van der Waals surface area (Å²) < 4.78 is 20.0. The molecule has 0 bridgehead atoms. The minimum Gasteiger partial charge on any atom is -0.448 e. The zero-order valence-corrected chi connectivity index (χ0v) is 16.5. The smallest absolute Gasteiger partial charge is 0.357 e. The number of carbonyl (C=O) groups is 2. The van der Waals surface area contributed by atoms with E-state index in [1.54, 1.807) is 22.9 Å². The van der Waals surface area contributed by atoms with E-state index in [9.17, 15) is 14.0 Å². The van der Waals surface area contributed by atoms with Crippen LogP contribution in [0.25, 0.3) is 5.69 Å².